The second-order valence-electron chi connectivity index (χ2n) is 5.62. The van der Waals surface area contributed by atoms with Gasteiger partial charge >= 0.3 is 0 Å². The highest BCUT2D eigenvalue weighted by Gasteiger charge is 2.09. The largest absolute Gasteiger partial charge is 0.357 e. The van der Waals surface area contributed by atoms with Gasteiger partial charge in [0.15, 0.2) is 11.8 Å². The first-order chi connectivity index (χ1) is 12.7. The lowest BCUT2D eigenvalue weighted by Crippen LogP contribution is -2.38. The molecule has 3 aromatic heterocycles. The van der Waals surface area contributed by atoms with Crippen LogP contribution >= 0.6 is 35.3 Å². The van der Waals surface area contributed by atoms with Gasteiger partial charge in [-0.25, -0.2) is 4.99 Å². The fourth-order valence-electron chi connectivity index (χ4n) is 2.31. The van der Waals surface area contributed by atoms with E-state index in [1.54, 1.807) is 17.5 Å². The van der Waals surface area contributed by atoms with Crippen LogP contribution in [0.5, 0.6) is 0 Å². The second kappa shape index (κ2) is 11.0. The van der Waals surface area contributed by atoms with Gasteiger partial charge in [0.25, 0.3) is 5.89 Å². The molecule has 0 amide bonds. The third kappa shape index (κ3) is 6.58. The number of hydrogen-bond donors (Lipinski definition) is 2. The van der Waals surface area contributed by atoms with Crippen molar-refractivity contribution in [2.75, 3.05) is 13.1 Å². The number of thiophene rings is 1. The number of hydrogen-bond acceptors (Lipinski definition) is 6. The molecule has 3 aromatic rings. The number of rotatable bonds is 7. The minimum Gasteiger partial charge on any atom is -0.357 e. The Labute approximate surface area is 179 Å². The van der Waals surface area contributed by atoms with Crippen LogP contribution in [0.1, 0.15) is 22.5 Å². The van der Waals surface area contributed by atoms with Gasteiger partial charge in [-0.05, 0) is 38.1 Å². The van der Waals surface area contributed by atoms with Crippen molar-refractivity contribution in [3.05, 3.63) is 52.1 Å². The number of nitrogens with one attached hydrogen (secondary N) is 2. The highest BCUT2D eigenvalue weighted by atomic mass is 127. The summed E-state index contributed by atoms with van der Waals surface area (Å²) in [6, 6.07) is 9.82. The van der Waals surface area contributed by atoms with Crippen molar-refractivity contribution in [2.24, 2.45) is 4.99 Å². The lowest BCUT2D eigenvalue weighted by atomic mass is 10.3. The molecular formula is C18H23IN6OS. The molecule has 3 rings (SSSR count). The molecule has 144 valence electrons. The summed E-state index contributed by atoms with van der Waals surface area (Å²) in [5, 5.41) is 10.6. The van der Waals surface area contributed by atoms with Crippen LogP contribution in [0.3, 0.4) is 0 Å². The van der Waals surface area contributed by atoms with E-state index in [1.165, 1.54) is 9.75 Å². The Kier molecular flexibility index (Phi) is 8.65. The highest BCUT2D eigenvalue weighted by molar-refractivity contribution is 14.0. The van der Waals surface area contributed by atoms with Crippen molar-refractivity contribution in [1.29, 1.82) is 0 Å². The zero-order valence-corrected chi connectivity index (χ0v) is 18.5. The van der Waals surface area contributed by atoms with Crippen LogP contribution in [-0.2, 0) is 13.0 Å². The predicted octanol–water partition coefficient (Wildman–Crippen LogP) is 3.42. The van der Waals surface area contributed by atoms with Gasteiger partial charge in [0.1, 0.15) is 5.69 Å². The summed E-state index contributed by atoms with van der Waals surface area (Å²) in [5.74, 6) is 1.86. The average molecular weight is 498 g/mol. The summed E-state index contributed by atoms with van der Waals surface area (Å²) in [5.41, 5.74) is 0.681. The summed E-state index contributed by atoms with van der Waals surface area (Å²) in [4.78, 5) is 15.8. The molecule has 7 nitrogen and oxygen atoms in total. The van der Waals surface area contributed by atoms with E-state index >= 15 is 0 Å². The standard InChI is InChI=1S/C18H22N6OS.HI/c1-3-19-18(22-12-14-8-7-13(2)26-14)21-11-9-16-23-17(25-24-16)15-6-4-5-10-20-15;/h4-8,10H,3,9,11-12H2,1-2H3,(H2,19,21,22);1H. The molecule has 0 unspecified atom stereocenters. The Morgan fingerprint density at radius 1 is 1.22 bits per heavy atom. The Bertz CT molecular complexity index is 848. The predicted molar refractivity (Wildman–Crippen MR) is 119 cm³/mol. The fourth-order valence-corrected chi connectivity index (χ4v) is 3.13. The van der Waals surface area contributed by atoms with E-state index in [2.05, 4.69) is 49.8 Å². The van der Waals surface area contributed by atoms with Crippen molar-refractivity contribution in [2.45, 2.75) is 26.8 Å². The van der Waals surface area contributed by atoms with E-state index in [9.17, 15) is 0 Å². The van der Waals surface area contributed by atoms with Crippen LogP contribution in [0.4, 0.5) is 0 Å². The maximum atomic E-state index is 5.27. The molecule has 0 saturated carbocycles. The molecule has 0 bridgehead atoms. The second-order valence-corrected chi connectivity index (χ2v) is 6.99. The van der Waals surface area contributed by atoms with Gasteiger partial charge in [-0.1, -0.05) is 11.2 Å². The van der Waals surface area contributed by atoms with Crippen LogP contribution in [0.15, 0.2) is 46.0 Å². The van der Waals surface area contributed by atoms with Crippen LogP contribution in [-0.4, -0.2) is 34.2 Å². The molecule has 0 aliphatic heterocycles. The lowest BCUT2D eigenvalue weighted by molar-refractivity contribution is 0.421. The molecule has 0 atom stereocenters. The number of aromatic nitrogens is 3. The van der Waals surface area contributed by atoms with E-state index in [-0.39, 0.29) is 24.0 Å². The first-order valence-corrected chi connectivity index (χ1v) is 9.37. The Balaban J connectivity index is 0.00000261. The van der Waals surface area contributed by atoms with Gasteiger partial charge in [0.2, 0.25) is 0 Å². The first kappa shape index (κ1) is 21.3. The van der Waals surface area contributed by atoms with Crippen molar-refractivity contribution >= 4 is 41.3 Å². The van der Waals surface area contributed by atoms with Crippen LogP contribution in [0, 0.1) is 6.92 Å². The molecule has 0 aromatic carbocycles. The minimum absolute atomic E-state index is 0. The van der Waals surface area contributed by atoms with Gasteiger partial charge in [-0.2, -0.15) is 4.98 Å². The van der Waals surface area contributed by atoms with E-state index < -0.39 is 0 Å². The quantitative estimate of drug-likeness (QED) is 0.295. The monoisotopic (exact) mass is 498 g/mol. The van der Waals surface area contributed by atoms with Crippen LogP contribution in [0.25, 0.3) is 11.6 Å². The SMILES string of the molecule is CCNC(=NCc1ccc(C)s1)NCCc1noc(-c2ccccn2)n1.I. The molecule has 0 radical (unpaired) electrons. The van der Waals surface area contributed by atoms with Gasteiger partial charge < -0.3 is 15.2 Å². The Morgan fingerprint density at radius 2 is 2.11 bits per heavy atom. The molecule has 0 saturated heterocycles. The Hall–Kier alpha value is -2.01. The molecule has 0 aliphatic carbocycles. The summed E-state index contributed by atoms with van der Waals surface area (Å²) < 4.78 is 5.27. The maximum Gasteiger partial charge on any atom is 0.276 e. The van der Waals surface area contributed by atoms with Gasteiger partial charge in [0.05, 0.1) is 6.54 Å². The third-order valence-corrected chi connectivity index (χ3v) is 4.51. The number of pyridine rings is 1. The Morgan fingerprint density at radius 3 is 2.81 bits per heavy atom. The number of halogens is 1. The average Bonchev–Trinajstić information content (AvgIpc) is 3.29. The zero-order valence-electron chi connectivity index (χ0n) is 15.3. The van der Waals surface area contributed by atoms with E-state index in [0.717, 1.165) is 12.5 Å². The van der Waals surface area contributed by atoms with E-state index in [4.69, 9.17) is 4.52 Å². The smallest absolute Gasteiger partial charge is 0.276 e. The van der Waals surface area contributed by atoms with Crippen molar-refractivity contribution in [3.63, 3.8) is 0 Å². The lowest BCUT2D eigenvalue weighted by Gasteiger charge is -2.09. The number of nitrogens with zero attached hydrogens (tertiary/aromatic N) is 4. The number of aliphatic imine (C=N–C) groups is 1. The van der Waals surface area contributed by atoms with E-state index in [1.807, 2.05) is 25.1 Å². The molecule has 0 aliphatic rings. The fraction of sp³-hybridized carbons (Fsp3) is 0.333. The maximum absolute atomic E-state index is 5.27. The summed E-state index contributed by atoms with van der Waals surface area (Å²) in [6.45, 7) is 6.29. The van der Waals surface area contributed by atoms with Gasteiger partial charge in [-0.3, -0.25) is 4.98 Å². The van der Waals surface area contributed by atoms with Crippen molar-refractivity contribution in [3.8, 4) is 11.6 Å². The minimum atomic E-state index is 0. The van der Waals surface area contributed by atoms with Gasteiger partial charge in [-0.15, -0.1) is 35.3 Å². The molecule has 0 spiro atoms. The van der Waals surface area contributed by atoms with Crippen molar-refractivity contribution < 1.29 is 4.52 Å². The van der Waals surface area contributed by atoms with Gasteiger partial charge in [0, 0.05) is 35.5 Å². The normalized spacial score (nSPS) is 11.1. The first-order valence-electron chi connectivity index (χ1n) is 8.56. The topological polar surface area (TPSA) is 88.2 Å². The summed E-state index contributed by atoms with van der Waals surface area (Å²) in [7, 11) is 0. The van der Waals surface area contributed by atoms with Crippen LogP contribution < -0.4 is 10.6 Å². The molecule has 2 N–H and O–H groups in total. The molecule has 0 fully saturated rings. The van der Waals surface area contributed by atoms with Crippen molar-refractivity contribution in [1.82, 2.24) is 25.8 Å². The number of guanidine groups is 1. The van der Waals surface area contributed by atoms with Crippen LogP contribution in [0.2, 0.25) is 0 Å². The summed E-state index contributed by atoms with van der Waals surface area (Å²) in [6.07, 6.45) is 2.34. The number of aryl methyl sites for hydroxylation is 1. The molecule has 9 heteroatoms. The zero-order chi connectivity index (χ0) is 18.2. The molecule has 3 heterocycles. The highest BCUT2D eigenvalue weighted by Crippen LogP contribution is 2.15. The summed E-state index contributed by atoms with van der Waals surface area (Å²) >= 11 is 1.77. The third-order valence-electron chi connectivity index (χ3n) is 3.53. The molecule has 27 heavy (non-hydrogen) atoms. The molecular weight excluding hydrogens is 475 g/mol. The van der Waals surface area contributed by atoms with E-state index in [0.29, 0.717) is 36.9 Å².